The van der Waals surface area contributed by atoms with Crippen LogP contribution in [0.4, 0.5) is 11.7 Å². The molecule has 1 aromatic carbocycles. The Morgan fingerprint density at radius 2 is 1.80 bits per heavy atom. The fourth-order valence-electron chi connectivity index (χ4n) is 1.30. The van der Waals surface area contributed by atoms with Crippen molar-refractivity contribution in [2.45, 2.75) is 13.8 Å². The number of anilines is 2. The highest BCUT2D eigenvalue weighted by Gasteiger charge is 2.09. The first-order valence-corrected chi connectivity index (χ1v) is 4.77. The lowest BCUT2D eigenvalue weighted by atomic mass is 10.2. The van der Waals surface area contributed by atoms with Crippen LogP contribution in [0.25, 0.3) is 0 Å². The number of rotatable bonds is 2. The maximum atomic E-state index is 5.08. The van der Waals surface area contributed by atoms with Gasteiger partial charge in [0, 0.05) is 12.7 Å². The van der Waals surface area contributed by atoms with Gasteiger partial charge in [-0.3, -0.25) is 4.90 Å². The predicted octanol–water partition coefficient (Wildman–Crippen LogP) is 2.45. The van der Waals surface area contributed by atoms with Crippen molar-refractivity contribution < 1.29 is 4.52 Å². The summed E-state index contributed by atoms with van der Waals surface area (Å²) in [4.78, 5) is 6.02. The van der Waals surface area contributed by atoms with E-state index in [4.69, 9.17) is 4.52 Å². The molecular formula is C11H13N3O. The molecule has 0 aliphatic carbocycles. The van der Waals surface area contributed by atoms with Crippen LogP contribution in [-0.4, -0.2) is 17.2 Å². The quantitative estimate of drug-likeness (QED) is 0.751. The van der Waals surface area contributed by atoms with E-state index >= 15 is 0 Å². The molecule has 0 aliphatic rings. The topological polar surface area (TPSA) is 42.2 Å². The molecule has 0 bridgehead atoms. The van der Waals surface area contributed by atoms with Gasteiger partial charge in [-0.25, -0.2) is 0 Å². The SMILES string of the molecule is Cc1ccc(N(C)c2nc(C)no2)cc1. The van der Waals surface area contributed by atoms with Gasteiger partial charge in [0.05, 0.1) is 0 Å². The monoisotopic (exact) mass is 203 g/mol. The van der Waals surface area contributed by atoms with Crippen LogP contribution in [0.1, 0.15) is 11.4 Å². The predicted molar refractivity (Wildman–Crippen MR) is 58.3 cm³/mol. The van der Waals surface area contributed by atoms with E-state index in [1.165, 1.54) is 5.56 Å². The molecule has 78 valence electrons. The lowest BCUT2D eigenvalue weighted by Crippen LogP contribution is -2.09. The van der Waals surface area contributed by atoms with E-state index in [2.05, 4.69) is 29.2 Å². The lowest BCUT2D eigenvalue weighted by molar-refractivity contribution is 0.419. The van der Waals surface area contributed by atoms with Gasteiger partial charge >= 0.3 is 6.01 Å². The van der Waals surface area contributed by atoms with E-state index in [0.29, 0.717) is 11.8 Å². The largest absolute Gasteiger partial charge is 0.328 e. The molecule has 1 aromatic heterocycles. The Morgan fingerprint density at radius 1 is 1.13 bits per heavy atom. The van der Waals surface area contributed by atoms with Gasteiger partial charge in [0.2, 0.25) is 0 Å². The minimum absolute atomic E-state index is 0.511. The van der Waals surface area contributed by atoms with Gasteiger partial charge in [-0.1, -0.05) is 22.9 Å². The summed E-state index contributed by atoms with van der Waals surface area (Å²) < 4.78 is 5.08. The number of benzene rings is 1. The molecule has 0 spiro atoms. The number of nitrogens with zero attached hydrogens (tertiary/aromatic N) is 3. The summed E-state index contributed by atoms with van der Waals surface area (Å²) in [6.07, 6.45) is 0. The van der Waals surface area contributed by atoms with Crippen molar-refractivity contribution >= 4 is 11.7 Å². The fraction of sp³-hybridized carbons (Fsp3) is 0.273. The van der Waals surface area contributed by atoms with Gasteiger partial charge in [0.15, 0.2) is 5.82 Å². The van der Waals surface area contributed by atoms with E-state index in [1.54, 1.807) is 6.92 Å². The fourth-order valence-corrected chi connectivity index (χ4v) is 1.30. The molecule has 15 heavy (non-hydrogen) atoms. The van der Waals surface area contributed by atoms with Crippen molar-refractivity contribution in [2.24, 2.45) is 0 Å². The van der Waals surface area contributed by atoms with Crippen LogP contribution in [0.3, 0.4) is 0 Å². The van der Waals surface area contributed by atoms with Crippen molar-refractivity contribution in [1.82, 2.24) is 10.1 Å². The van der Waals surface area contributed by atoms with E-state index in [1.807, 2.05) is 24.1 Å². The van der Waals surface area contributed by atoms with Gasteiger partial charge in [0.25, 0.3) is 0 Å². The molecule has 0 fully saturated rings. The molecule has 1 heterocycles. The summed E-state index contributed by atoms with van der Waals surface area (Å²) in [7, 11) is 1.90. The van der Waals surface area contributed by atoms with Crippen LogP contribution in [0.5, 0.6) is 0 Å². The zero-order chi connectivity index (χ0) is 10.8. The second kappa shape index (κ2) is 3.73. The second-order valence-corrected chi connectivity index (χ2v) is 3.52. The first-order chi connectivity index (χ1) is 7.16. The molecule has 0 amide bonds. The minimum atomic E-state index is 0.511. The van der Waals surface area contributed by atoms with E-state index in [0.717, 1.165) is 5.69 Å². The molecule has 0 radical (unpaired) electrons. The maximum absolute atomic E-state index is 5.08. The van der Waals surface area contributed by atoms with Crippen LogP contribution in [0.2, 0.25) is 0 Å². The molecule has 0 saturated heterocycles. The summed E-state index contributed by atoms with van der Waals surface area (Å²) in [5.41, 5.74) is 2.26. The van der Waals surface area contributed by atoms with E-state index < -0.39 is 0 Å². The van der Waals surface area contributed by atoms with Crippen molar-refractivity contribution in [3.63, 3.8) is 0 Å². The van der Waals surface area contributed by atoms with Crippen LogP contribution in [-0.2, 0) is 0 Å². The standard InChI is InChI=1S/C11H13N3O/c1-8-4-6-10(7-5-8)14(3)11-12-9(2)13-15-11/h4-7H,1-3H3. The average Bonchev–Trinajstić information content (AvgIpc) is 2.65. The normalized spacial score (nSPS) is 10.3. The third-order valence-corrected chi connectivity index (χ3v) is 2.23. The third kappa shape index (κ3) is 1.98. The van der Waals surface area contributed by atoms with Crippen molar-refractivity contribution in [3.8, 4) is 0 Å². The highest BCUT2D eigenvalue weighted by atomic mass is 16.5. The van der Waals surface area contributed by atoms with Crippen molar-refractivity contribution in [1.29, 1.82) is 0 Å². The van der Waals surface area contributed by atoms with Crippen LogP contribution in [0.15, 0.2) is 28.8 Å². The summed E-state index contributed by atoms with van der Waals surface area (Å²) in [6, 6.07) is 8.66. The third-order valence-electron chi connectivity index (χ3n) is 2.23. The Kier molecular flexibility index (Phi) is 2.41. The molecule has 0 N–H and O–H groups in total. The van der Waals surface area contributed by atoms with Gasteiger partial charge < -0.3 is 4.52 Å². The van der Waals surface area contributed by atoms with Crippen molar-refractivity contribution in [2.75, 3.05) is 11.9 Å². The summed E-state index contributed by atoms with van der Waals surface area (Å²) >= 11 is 0. The average molecular weight is 203 g/mol. The number of aromatic nitrogens is 2. The molecule has 2 rings (SSSR count). The lowest BCUT2D eigenvalue weighted by Gasteiger charge is -2.13. The number of hydrogen-bond acceptors (Lipinski definition) is 4. The summed E-state index contributed by atoms with van der Waals surface area (Å²) in [5.74, 6) is 0.643. The van der Waals surface area contributed by atoms with Gasteiger partial charge in [-0.15, -0.1) is 0 Å². The molecule has 4 heteroatoms. The minimum Gasteiger partial charge on any atom is -0.315 e. The highest BCUT2D eigenvalue weighted by Crippen LogP contribution is 2.21. The van der Waals surface area contributed by atoms with Crippen LogP contribution in [0, 0.1) is 13.8 Å². The maximum Gasteiger partial charge on any atom is 0.328 e. The molecule has 0 unspecified atom stereocenters. The molecule has 0 atom stereocenters. The summed E-state index contributed by atoms with van der Waals surface area (Å²) in [6.45, 7) is 3.86. The van der Waals surface area contributed by atoms with E-state index in [-0.39, 0.29) is 0 Å². The second-order valence-electron chi connectivity index (χ2n) is 3.52. The van der Waals surface area contributed by atoms with E-state index in [9.17, 15) is 0 Å². The molecule has 0 aliphatic heterocycles. The van der Waals surface area contributed by atoms with Crippen LogP contribution < -0.4 is 4.90 Å². The Hall–Kier alpha value is -1.84. The first-order valence-electron chi connectivity index (χ1n) is 4.77. The zero-order valence-corrected chi connectivity index (χ0v) is 9.06. The number of aryl methyl sites for hydroxylation is 2. The molecule has 0 saturated carbocycles. The molecular weight excluding hydrogens is 190 g/mol. The Bertz CT molecular complexity index is 447. The van der Waals surface area contributed by atoms with Crippen molar-refractivity contribution in [3.05, 3.63) is 35.7 Å². The van der Waals surface area contributed by atoms with Gasteiger partial charge in [-0.05, 0) is 26.0 Å². The van der Waals surface area contributed by atoms with Gasteiger partial charge in [-0.2, -0.15) is 4.98 Å². The Labute approximate surface area is 88.5 Å². The Morgan fingerprint density at radius 3 is 2.33 bits per heavy atom. The smallest absolute Gasteiger partial charge is 0.315 e. The summed E-state index contributed by atoms with van der Waals surface area (Å²) in [5, 5.41) is 3.75. The number of hydrogen-bond donors (Lipinski definition) is 0. The zero-order valence-electron chi connectivity index (χ0n) is 9.06. The highest BCUT2D eigenvalue weighted by molar-refractivity contribution is 5.55. The van der Waals surface area contributed by atoms with Crippen LogP contribution >= 0.6 is 0 Å². The molecule has 4 nitrogen and oxygen atoms in total. The Balaban J connectivity index is 2.28. The first kappa shape index (κ1) is 9.71. The van der Waals surface area contributed by atoms with Gasteiger partial charge in [0.1, 0.15) is 0 Å². The molecule has 2 aromatic rings.